The Morgan fingerprint density at radius 1 is 1.40 bits per heavy atom. The molecule has 0 radical (unpaired) electrons. The van der Waals surface area contributed by atoms with Crippen molar-refractivity contribution >= 4 is 5.91 Å². The first kappa shape index (κ1) is 12.5. The number of carbonyl (C=O) groups is 1. The van der Waals surface area contributed by atoms with Gasteiger partial charge in [0.05, 0.1) is 0 Å². The van der Waals surface area contributed by atoms with Crippen LogP contribution in [-0.2, 0) is 9.53 Å². The molecule has 15 heavy (non-hydrogen) atoms. The van der Waals surface area contributed by atoms with Gasteiger partial charge in [0.1, 0.15) is 0 Å². The van der Waals surface area contributed by atoms with Crippen LogP contribution in [0.2, 0.25) is 0 Å². The van der Waals surface area contributed by atoms with Gasteiger partial charge < -0.3 is 15.2 Å². The Labute approximate surface area is 91.0 Å². The molecule has 0 aromatic heterocycles. The number of hydrogen-bond acceptors (Lipinski definition) is 3. The number of hydrogen-bond donors (Lipinski definition) is 2. The first-order valence-electron chi connectivity index (χ1n) is 5.78. The highest BCUT2D eigenvalue weighted by atomic mass is 16.5. The Morgan fingerprint density at radius 3 is 2.87 bits per heavy atom. The smallest absolute Gasteiger partial charge is 0.220 e. The first-order valence-corrected chi connectivity index (χ1v) is 5.78. The molecule has 2 N–H and O–H groups in total. The van der Waals surface area contributed by atoms with Gasteiger partial charge in [0, 0.05) is 32.8 Å². The van der Waals surface area contributed by atoms with Crippen molar-refractivity contribution < 1.29 is 14.6 Å². The second kappa shape index (κ2) is 7.65. The normalized spacial score (nSPS) is 15.3. The molecule has 0 aliphatic heterocycles. The van der Waals surface area contributed by atoms with Crippen LogP contribution in [0.5, 0.6) is 0 Å². The summed E-state index contributed by atoms with van der Waals surface area (Å²) in [7, 11) is 0. The maximum absolute atomic E-state index is 11.1. The van der Waals surface area contributed by atoms with Crippen LogP contribution in [0.1, 0.15) is 32.1 Å². The fourth-order valence-electron chi connectivity index (χ4n) is 1.26. The highest BCUT2D eigenvalue weighted by Crippen LogP contribution is 2.28. The summed E-state index contributed by atoms with van der Waals surface area (Å²) < 4.78 is 5.43. The standard InChI is InChI=1S/C11H21NO3/c13-7-1-3-11(14)12-6-2-8-15-9-10-4-5-10/h10,13H,1-9H2,(H,12,14). The van der Waals surface area contributed by atoms with Crippen molar-refractivity contribution in [2.75, 3.05) is 26.4 Å². The van der Waals surface area contributed by atoms with Gasteiger partial charge >= 0.3 is 0 Å². The van der Waals surface area contributed by atoms with Crippen molar-refractivity contribution in [1.82, 2.24) is 5.32 Å². The lowest BCUT2D eigenvalue weighted by Crippen LogP contribution is -2.25. The molecule has 1 amide bonds. The van der Waals surface area contributed by atoms with Gasteiger partial charge in [-0.1, -0.05) is 0 Å². The molecule has 0 saturated heterocycles. The van der Waals surface area contributed by atoms with Gasteiger partial charge in [0.25, 0.3) is 0 Å². The Hall–Kier alpha value is -0.610. The molecular weight excluding hydrogens is 194 g/mol. The van der Waals surface area contributed by atoms with Crippen molar-refractivity contribution in [3.8, 4) is 0 Å². The monoisotopic (exact) mass is 215 g/mol. The molecule has 1 rings (SSSR count). The molecule has 0 aromatic rings. The van der Waals surface area contributed by atoms with Crippen molar-refractivity contribution in [3.05, 3.63) is 0 Å². The van der Waals surface area contributed by atoms with E-state index in [0.717, 1.165) is 25.6 Å². The predicted octanol–water partition coefficient (Wildman–Crippen LogP) is 0.692. The molecule has 0 heterocycles. The summed E-state index contributed by atoms with van der Waals surface area (Å²) in [4.78, 5) is 11.1. The zero-order valence-corrected chi connectivity index (χ0v) is 9.21. The zero-order chi connectivity index (χ0) is 10.9. The summed E-state index contributed by atoms with van der Waals surface area (Å²) in [6.07, 6.45) is 4.47. The van der Waals surface area contributed by atoms with Crippen molar-refractivity contribution in [2.24, 2.45) is 5.92 Å². The van der Waals surface area contributed by atoms with Gasteiger partial charge in [-0.3, -0.25) is 4.79 Å². The first-order chi connectivity index (χ1) is 7.33. The Morgan fingerprint density at radius 2 is 2.20 bits per heavy atom. The fraction of sp³-hybridized carbons (Fsp3) is 0.909. The average molecular weight is 215 g/mol. The van der Waals surface area contributed by atoms with Crippen molar-refractivity contribution in [2.45, 2.75) is 32.1 Å². The summed E-state index contributed by atoms with van der Waals surface area (Å²) in [5.74, 6) is 0.829. The van der Waals surface area contributed by atoms with Gasteiger partial charge in [-0.2, -0.15) is 0 Å². The lowest BCUT2D eigenvalue weighted by molar-refractivity contribution is -0.121. The number of rotatable bonds is 9. The van der Waals surface area contributed by atoms with E-state index in [2.05, 4.69) is 5.32 Å². The largest absolute Gasteiger partial charge is 0.396 e. The lowest BCUT2D eigenvalue weighted by Gasteiger charge is -2.05. The van der Waals surface area contributed by atoms with Crippen LogP contribution in [0.3, 0.4) is 0 Å². The lowest BCUT2D eigenvalue weighted by atomic mass is 10.3. The van der Waals surface area contributed by atoms with Crippen LogP contribution in [-0.4, -0.2) is 37.4 Å². The number of amides is 1. The summed E-state index contributed by atoms with van der Waals surface area (Å²) in [5, 5.41) is 11.3. The van der Waals surface area contributed by atoms with Crippen LogP contribution in [0.4, 0.5) is 0 Å². The second-order valence-electron chi connectivity index (χ2n) is 4.05. The highest BCUT2D eigenvalue weighted by molar-refractivity contribution is 5.75. The number of aliphatic hydroxyl groups excluding tert-OH is 1. The fourth-order valence-corrected chi connectivity index (χ4v) is 1.26. The molecule has 0 aromatic carbocycles. The van der Waals surface area contributed by atoms with Crippen LogP contribution in [0.25, 0.3) is 0 Å². The summed E-state index contributed by atoms with van der Waals surface area (Å²) in [6.45, 7) is 2.38. The van der Waals surface area contributed by atoms with E-state index in [4.69, 9.17) is 9.84 Å². The summed E-state index contributed by atoms with van der Waals surface area (Å²) in [6, 6.07) is 0. The van der Waals surface area contributed by atoms with Crippen LogP contribution in [0.15, 0.2) is 0 Å². The molecule has 0 unspecified atom stereocenters. The molecule has 0 atom stereocenters. The minimum Gasteiger partial charge on any atom is -0.396 e. The number of nitrogens with one attached hydrogen (secondary N) is 1. The third-order valence-electron chi connectivity index (χ3n) is 2.40. The summed E-state index contributed by atoms with van der Waals surface area (Å²) >= 11 is 0. The number of ether oxygens (including phenoxy) is 1. The van der Waals surface area contributed by atoms with Crippen LogP contribution >= 0.6 is 0 Å². The van der Waals surface area contributed by atoms with E-state index in [9.17, 15) is 4.79 Å². The van der Waals surface area contributed by atoms with Gasteiger partial charge in [0.2, 0.25) is 5.91 Å². The van der Waals surface area contributed by atoms with Crippen LogP contribution in [0, 0.1) is 5.92 Å². The molecule has 4 nitrogen and oxygen atoms in total. The summed E-state index contributed by atoms with van der Waals surface area (Å²) in [5.41, 5.74) is 0. The molecule has 0 spiro atoms. The van der Waals surface area contributed by atoms with Gasteiger partial charge in [0.15, 0.2) is 0 Å². The van der Waals surface area contributed by atoms with E-state index in [1.165, 1.54) is 12.8 Å². The quantitative estimate of drug-likeness (QED) is 0.556. The Balaban J connectivity index is 1.76. The Kier molecular flexibility index (Phi) is 6.36. The van der Waals surface area contributed by atoms with E-state index in [1.807, 2.05) is 0 Å². The maximum Gasteiger partial charge on any atom is 0.220 e. The SMILES string of the molecule is O=C(CCCO)NCCCOCC1CC1. The molecule has 1 aliphatic rings. The minimum atomic E-state index is 0.0197. The highest BCUT2D eigenvalue weighted by Gasteiger charge is 2.20. The third-order valence-corrected chi connectivity index (χ3v) is 2.40. The average Bonchev–Trinajstić information content (AvgIpc) is 3.04. The van der Waals surface area contributed by atoms with Gasteiger partial charge in [-0.25, -0.2) is 0 Å². The van der Waals surface area contributed by atoms with E-state index < -0.39 is 0 Å². The van der Waals surface area contributed by atoms with Gasteiger partial charge in [-0.05, 0) is 31.6 Å². The van der Waals surface area contributed by atoms with E-state index in [0.29, 0.717) is 19.4 Å². The van der Waals surface area contributed by atoms with E-state index >= 15 is 0 Å². The molecule has 4 heteroatoms. The molecule has 1 fully saturated rings. The maximum atomic E-state index is 11.1. The predicted molar refractivity (Wildman–Crippen MR) is 57.5 cm³/mol. The zero-order valence-electron chi connectivity index (χ0n) is 9.21. The van der Waals surface area contributed by atoms with Gasteiger partial charge in [-0.15, -0.1) is 0 Å². The number of carbonyl (C=O) groups excluding carboxylic acids is 1. The Bertz CT molecular complexity index is 181. The van der Waals surface area contributed by atoms with Crippen molar-refractivity contribution in [1.29, 1.82) is 0 Å². The minimum absolute atomic E-state index is 0.0197. The second-order valence-corrected chi connectivity index (χ2v) is 4.05. The molecule has 88 valence electrons. The molecule has 0 bridgehead atoms. The molecule has 1 aliphatic carbocycles. The molecule has 1 saturated carbocycles. The van der Waals surface area contributed by atoms with Crippen molar-refractivity contribution in [3.63, 3.8) is 0 Å². The molecular formula is C11H21NO3. The topological polar surface area (TPSA) is 58.6 Å². The van der Waals surface area contributed by atoms with Crippen LogP contribution < -0.4 is 5.32 Å². The van der Waals surface area contributed by atoms with E-state index in [-0.39, 0.29) is 12.5 Å². The third kappa shape index (κ3) is 7.33. The number of aliphatic hydroxyl groups is 1. The van der Waals surface area contributed by atoms with E-state index in [1.54, 1.807) is 0 Å².